The Morgan fingerprint density at radius 2 is 1.88 bits per heavy atom. The van der Waals surface area contributed by atoms with Crippen molar-refractivity contribution in [2.75, 3.05) is 5.75 Å². The van der Waals surface area contributed by atoms with Crippen LogP contribution in [0.25, 0.3) is 0 Å². The third kappa shape index (κ3) is 8.67. The Morgan fingerprint density at radius 3 is 2.31 bits per heavy atom. The topological polar surface area (TPSA) is 83.5 Å². The van der Waals surface area contributed by atoms with Crippen LogP contribution in [-0.2, 0) is 14.8 Å². The second-order valence-corrected chi connectivity index (χ2v) is 6.28. The van der Waals surface area contributed by atoms with E-state index in [1.165, 1.54) is 0 Å². The number of nitrogens with one attached hydrogen (secondary N) is 1. The van der Waals surface area contributed by atoms with Gasteiger partial charge in [0.1, 0.15) is 0 Å². The first-order valence-electron chi connectivity index (χ1n) is 5.44. The lowest BCUT2D eigenvalue weighted by atomic mass is 10.1. The quantitative estimate of drug-likeness (QED) is 0.679. The molecule has 0 aliphatic heterocycles. The highest BCUT2D eigenvalue weighted by Crippen LogP contribution is 2.04. The van der Waals surface area contributed by atoms with Crippen LogP contribution in [0.4, 0.5) is 0 Å². The molecule has 0 aromatic heterocycles. The number of carbonyl (C=O) groups is 1. The first-order chi connectivity index (χ1) is 7.23. The molecule has 0 aromatic carbocycles. The summed E-state index contributed by atoms with van der Waals surface area (Å²) in [5, 5.41) is 8.44. The Morgan fingerprint density at radius 1 is 1.31 bits per heavy atom. The maximum absolute atomic E-state index is 11.5. The van der Waals surface area contributed by atoms with Gasteiger partial charge in [0.15, 0.2) is 0 Å². The number of rotatable bonds is 8. The van der Waals surface area contributed by atoms with Gasteiger partial charge in [-0.2, -0.15) is 0 Å². The average Bonchev–Trinajstić information content (AvgIpc) is 1.98. The zero-order valence-corrected chi connectivity index (χ0v) is 10.9. The molecule has 16 heavy (non-hydrogen) atoms. The number of aliphatic carboxylic acids is 1. The first kappa shape index (κ1) is 15.4. The highest BCUT2D eigenvalue weighted by molar-refractivity contribution is 7.89. The van der Waals surface area contributed by atoms with Crippen LogP contribution < -0.4 is 4.72 Å². The van der Waals surface area contributed by atoms with Crippen LogP contribution >= 0.6 is 0 Å². The van der Waals surface area contributed by atoms with Gasteiger partial charge >= 0.3 is 5.97 Å². The Kier molecular flexibility index (Phi) is 6.59. The smallest absolute Gasteiger partial charge is 0.303 e. The molecule has 0 aliphatic carbocycles. The van der Waals surface area contributed by atoms with E-state index in [1.807, 2.05) is 13.8 Å². The van der Waals surface area contributed by atoms with E-state index in [4.69, 9.17) is 5.11 Å². The molecule has 0 aromatic rings. The molecular formula is C10H21NO4S. The van der Waals surface area contributed by atoms with Crippen molar-refractivity contribution in [1.29, 1.82) is 0 Å². The number of sulfonamides is 1. The summed E-state index contributed by atoms with van der Waals surface area (Å²) in [6, 6.07) is -0.205. The van der Waals surface area contributed by atoms with Gasteiger partial charge in [0, 0.05) is 12.5 Å². The van der Waals surface area contributed by atoms with Crippen molar-refractivity contribution in [2.24, 2.45) is 5.92 Å². The van der Waals surface area contributed by atoms with Crippen LogP contribution in [0.2, 0.25) is 0 Å². The van der Waals surface area contributed by atoms with Crippen molar-refractivity contribution in [3.05, 3.63) is 0 Å². The van der Waals surface area contributed by atoms with Crippen molar-refractivity contribution in [3.63, 3.8) is 0 Å². The van der Waals surface area contributed by atoms with Gasteiger partial charge in [0.05, 0.1) is 5.75 Å². The molecule has 96 valence electrons. The van der Waals surface area contributed by atoms with Gasteiger partial charge in [-0.1, -0.05) is 13.8 Å². The Labute approximate surface area is 97.3 Å². The van der Waals surface area contributed by atoms with Crippen LogP contribution in [0, 0.1) is 5.92 Å². The summed E-state index contributed by atoms with van der Waals surface area (Å²) >= 11 is 0. The summed E-state index contributed by atoms with van der Waals surface area (Å²) in [4.78, 5) is 10.3. The summed E-state index contributed by atoms with van der Waals surface area (Å²) in [6.07, 6.45) is 1.11. The lowest BCUT2D eigenvalue weighted by Gasteiger charge is -2.14. The number of hydrogen-bond donors (Lipinski definition) is 2. The molecule has 0 fully saturated rings. The molecule has 0 spiro atoms. The lowest BCUT2D eigenvalue weighted by molar-refractivity contribution is -0.137. The highest BCUT2D eigenvalue weighted by atomic mass is 32.2. The third-order valence-corrected chi connectivity index (χ3v) is 3.83. The van der Waals surface area contributed by atoms with Crippen LogP contribution in [0.15, 0.2) is 0 Å². The molecule has 2 N–H and O–H groups in total. The second kappa shape index (κ2) is 6.85. The molecule has 0 saturated heterocycles. The summed E-state index contributed by atoms with van der Waals surface area (Å²) in [5.74, 6) is -0.656. The second-order valence-electron chi connectivity index (χ2n) is 4.48. The van der Waals surface area contributed by atoms with Crippen LogP contribution in [0.5, 0.6) is 0 Å². The normalized spacial score (nSPS) is 14.0. The third-order valence-electron chi connectivity index (χ3n) is 1.96. The fourth-order valence-corrected chi connectivity index (χ4v) is 3.12. The van der Waals surface area contributed by atoms with Gasteiger partial charge in [0.25, 0.3) is 0 Å². The molecule has 0 heterocycles. The Hall–Kier alpha value is -0.620. The molecule has 1 atom stereocenters. The largest absolute Gasteiger partial charge is 0.481 e. The van der Waals surface area contributed by atoms with E-state index in [0.29, 0.717) is 12.8 Å². The van der Waals surface area contributed by atoms with Gasteiger partial charge in [-0.3, -0.25) is 4.79 Å². The fraction of sp³-hybridized carbons (Fsp3) is 0.900. The average molecular weight is 251 g/mol. The van der Waals surface area contributed by atoms with Gasteiger partial charge in [0.2, 0.25) is 10.0 Å². The van der Waals surface area contributed by atoms with Crippen LogP contribution in [0.3, 0.4) is 0 Å². The molecule has 0 saturated carbocycles. The SMILES string of the molecule is CC(C)CS(=O)(=O)NC(C)CCCC(=O)O. The zero-order valence-electron chi connectivity index (χ0n) is 10.1. The molecular weight excluding hydrogens is 230 g/mol. The van der Waals surface area contributed by atoms with E-state index < -0.39 is 16.0 Å². The first-order valence-corrected chi connectivity index (χ1v) is 7.10. The zero-order chi connectivity index (χ0) is 12.8. The van der Waals surface area contributed by atoms with Gasteiger partial charge in [-0.15, -0.1) is 0 Å². The van der Waals surface area contributed by atoms with Crippen LogP contribution in [0.1, 0.15) is 40.0 Å². The number of hydrogen-bond acceptors (Lipinski definition) is 3. The van der Waals surface area contributed by atoms with Gasteiger partial charge in [-0.25, -0.2) is 13.1 Å². The number of carboxylic acid groups (broad SMARTS) is 1. The lowest BCUT2D eigenvalue weighted by Crippen LogP contribution is -2.35. The fourth-order valence-electron chi connectivity index (χ4n) is 1.41. The van der Waals surface area contributed by atoms with E-state index in [2.05, 4.69) is 4.72 Å². The van der Waals surface area contributed by atoms with Crippen molar-refractivity contribution in [3.8, 4) is 0 Å². The molecule has 0 radical (unpaired) electrons. The molecule has 0 rings (SSSR count). The van der Waals surface area contributed by atoms with E-state index in [-0.39, 0.29) is 24.1 Å². The Bertz CT molecular complexity index is 311. The summed E-state index contributed by atoms with van der Waals surface area (Å²) in [6.45, 7) is 5.43. The maximum Gasteiger partial charge on any atom is 0.303 e. The minimum absolute atomic E-state index is 0.0796. The molecule has 0 bridgehead atoms. The van der Waals surface area contributed by atoms with Crippen molar-refractivity contribution >= 4 is 16.0 Å². The van der Waals surface area contributed by atoms with Crippen LogP contribution in [-0.4, -0.2) is 31.3 Å². The Balaban J connectivity index is 3.94. The molecule has 5 nitrogen and oxygen atoms in total. The monoisotopic (exact) mass is 251 g/mol. The standard InChI is InChI=1S/C10H21NO4S/c1-8(2)7-16(14,15)11-9(3)5-4-6-10(12)13/h8-9,11H,4-7H2,1-3H3,(H,12,13). The predicted octanol–water partition coefficient (Wildman–Crippen LogP) is 1.21. The molecule has 0 aliphatic rings. The van der Waals surface area contributed by atoms with E-state index >= 15 is 0 Å². The van der Waals surface area contributed by atoms with Gasteiger partial charge < -0.3 is 5.11 Å². The van der Waals surface area contributed by atoms with Crippen molar-refractivity contribution in [2.45, 2.75) is 46.1 Å². The predicted molar refractivity (Wildman–Crippen MR) is 62.7 cm³/mol. The van der Waals surface area contributed by atoms with Crippen molar-refractivity contribution < 1.29 is 18.3 Å². The van der Waals surface area contributed by atoms with Crippen molar-refractivity contribution in [1.82, 2.24) is 4.72 Å². The van der Waals surface area contributed by atoms with E-state index in [0.717, 1.165) is 0 Å². The summed E-state index contributed by atoms with van der Waals surface area (Å²) in [5.41, 5.74) is 0. The summed E-state index contributed by atoms with van der Waals surface area (Å²) in [7, 11) is -3.23. The minimum atomic E-state index is -3.23. The molecule has 0 amide bonds. The number of carboxylic acids is 1. The van der Waals surface area contributed by atoms with Gasteiger partial charge in [-0.05, 0) is 25.7 Å². The minimum Gasteiger partial charge on any atom is -0.481 e. The van der Waals surface area contributed by atoms with E-state index in [9.17, 15) is 13.2 Å². The highest BCUT2D eigenvalue weighted by Gasteiger charge is 2.15. The molecule has 6 heteroatoms. The maximum atomic E-state index is 11.5. The summed E-state index contributed by atoms with van der Waals surface area (Å²) < 4.78 is 25.6. The molecule has 1 unspecified atom stereocenters. The van der Waals surface area contributed by atoms with E-state index in [1.54, 1.807) is 6.92 Å².